The molecule has 0 radical (unpaired) electrons. The highest BCUT2D eigenvalue weighted by atomic mass is 79.9. The number of nitrogens with one attached hydrogen (secondary N) is 1. The van der Waals surface area contributed by atoms with E-state index >= 15 is 0 Å². The highest BCUT2D eigenvalue weighted by Crippen LogP contribution is 2.30. The van der Waals surface area contributed by atoms with E-state index in [2.05, 4.69) is 70.3 Å². The van der Waals surface area contributed by atoms with Gasteiger partial charge in [-0.3, -0.25) is 0 Å². The number of anilines is 1. The first-order valence-electron chi connectivity index (χ1n) is 7.87. The van der Waals surface area contributed by atoms with Gasteiger partial charge in [0.1, 0.15) is 0 Å². The average Bonchev–Trinajstić information content (AvgIpc) is 2.46. The van der Waals surface area contributed by atoms with Crippen molar-refractivity contribution < 1.29 is 0 Å². The molecule has 21 heavy (non-hydrogen) atoms. The Hall–Kier alpha value is -0.580. The van der Waals surface area contributed by atoms with Gasteiger partial charge in [-0.25, -0.2) is 0 Å². The maximum Gasteiger partial charge on any atom is 0.0377 e. The quantitative estimate of drug-likeness (QED) is 0.873. The molecule has 1 saturated heterocycles. The summed E-state index contributed by atoms with van der Waals surface area (Å²) in [6.45, 7) is 5.75. The Labute approximate surface area is 137 Å². The van der Waals surface area contributed by atoms with Crippen molar-refractivity contribution in [1.29, 1.82) is 0 Å². The van der Waals surface area contributed by atoms with Gasteiger partial charge in [0.2, 0.25) is 0 Å². The van der Waals surface area contributed by atoms with Crippen molar-refractivity contribution in [3.8, 4) is 0 Å². The van der Waals surface area contributed by atoms with Gasteiger partial charge in [-0.2, -0.15) is 0 Å². The molecule has 0 saturated carbocycles. The number of rotatable bonds is 5. The van der Waals surface area contributed by atoms with Crippen molar-refractivity contribution in [2.75, 3.05) is 45.7 Å². The number of piperidine rings is 1. The molecule has 1 aliphatic rings. The molecular formula is C17H28BrN3. The molecule has 4 heteroatoms. The van der Waals surface area contributed by atoms with Gasteiger partial charge in [0.05, 0.1) is 0 Å². The van der Waals surface area contributed by atoms with E-state index in [-0.39, 0.29) is 0 Å². The number of hydrogen-bond donors (Lipinski definition) is 1. The monoisotopic (exact) mass is 353 g/mol. The zero-order valence-corrected chi connectivity index (χ0v) is 15.3. The molecule has 1 aliphatic heterocycles. The van der Waals surface area contributed by atoms with Crippen molar-refractivity contribution in [2.45, 2.75) is 25.8 Å². The summed E-state index contributed by atoms with van der Waals surface area (Å²) in [5.41, 5.74) is 2.67. The predicted octanol–water partition coefficient (Wildman–Crippen LogP) is 3.51. The summed E-state index contributed by atoms with van der Waals surface area (Å²) >= 11 is 3.73. The predicted molar refractivity (Wildman–Crippen MR) is 95.1 cm³/mol. The smallest absolute Gasteiger partial charge is 0.0377 e. The summed E-state index contributed by atoms with van der Waals surface area (Å²) in [6.07, 6.45) is 2.59. The Morgan fingerprint density at radius 3 is 2.52 bits per heavy atom. The van der Waals surface area contributed by atoms with Crippen LogP contribution in [0.3, 0.4) is 0 Å². The van der Waals surface area contributed by atoms with Crippen LogP contribution in [0.1, 0.15) is 31.4 Å². The Morgan fingerprint density at radius 1 is 1.33 bits per heavy atom. The maximum atomic E-state index is 3.73. The Balaban J connectivity index is 1.99. The van der Waals surface area contributed by atoms with Crippen molar-refractivity contribution in [3.05, 3.63) is 28.2 Å². The van der Waals surface area contributed by atoms with Gasteiger partial charge < -0.3 is 15.1 Å². The highest BCUT2D eigenvalue weighted by molar-refractivity contribution is 9.10. The number of benzene rings is 1. The molecule has 1 aromatic carbocycles. The zero-order chi connectivity index (χ0) is 15.4. The molecule has 1 heterocycles. The second-order valence-corrected chi connectivity index (χ2v) is 7.26. The summed E-state index contributed by atoms with van der Waals surface area (Å²) in [5, 5.41) is 3.30. The number of nitrogens with zero attached hydrogens (tertiary/aromatic N) is 2. The van der Waals surface area contributed by atoms with Crippen LogP contribution >= 0.6 is 15.9 Å². The van der Waals surface area contributed by atoms with Crippen molar-refractivity contribution >= 4 is 21.6 Å². The molecule has 1 atom stereocenters. The van der Waals surface area contributed by atoms with E-state index in [1.54, 1.807) is 0 Å². The molecule has 118 valence electrons. The van der Waals surface area contributed by atoms with Gasteiger partial charge in [0, 0.05) is 35.8 Å². The Morgan fingerprint density at radius 2 is 2.00 bits per heavy atom. The largest absolute Gasteiger partial charge is 0.371 e. The molecule has 1 unspecified atom stereocenters. The standard InChI is InChI=1S/C17H28BrN3/c1-13(19-2)16-6-5-15(11-17(16)18)21-9-7-14(8-10-21)12-20(3)4/h5-6,11,13-14,19H,7-10,12H2,1-4H3. The molecule has 1 N–H and O–H groups in total. The third kappa shape index (κ3) is 4.44. The first-order valence-corrected chi connectivity index (χ1v) is 8.67. The fourth-order valence-electron chi connectivity index (χ4n) is 3.11. The van der Waals surface area contributed by atoms with Crippen LogP contribution in [0, 0.1) is 5.92 Å². The van der Waals surface area contributed by atoms with Crippen LogP contribution in [0.4, 0.5) is 5.69 Å². The lowest BCUT2D eigenvalue weighted by Gasteiger charge is -2.35. The molecule has 0 amide bonds. The van der Waals surface area contributed by atoms with E-state index in [0.29, 0.717) is 6.04 Å². The van der Waals surface area contributed by atoms with Crippen LogP contribution in [0.15, 0.2) is 22.7 Å². The molecule has 1 aromatic rings. The fraction of sp³-hybridized carbons (Fsp3) is 0.647. The normalized spacial score (nSPS) is 18.3. The molecule has 0 aliphatic carbocycles. The third-order valence-corrected chi connectivity index (χ3v) is 5.17. The van der Waals surface area contributed by atoms with Crippen molar-refractivity contribution in [1.82, 2.24) is 10.2 Å². The lowest BCUT2D eigenvalue weighted by Crippen LogP contribution is -2.37. The van der Waals surface area contributed by atoms with Crippen LogP contribution in [0.5, 0.6) is 0 Å². The lowest BCUT2D eigenvalue weighted by molar-refractivity contribution is 0.285. The van der Waals surface area contributed by atoms with Gasteiger partial charge >= 0.3 is 0 Å². The molecule has 0 aromatic heterocycles. The van der Waals surface area contributed by atoms with Gasteiger partial charge in [-0.15, -0.1) is 0 Å². The van der Waals surface area contributed by atoms with Crippen LogP contribution in [0.25, 0.3) is 0 Å². The topological polar surface area (TPSA) is 18.5 Å². The van der Waals surface area contributed by atoms with E-state index in [4.69, 9.17) is 0 Å². The van der Waals surface area contributed by atoms with Crippen LogP contribution < -0.4 is 10.2 Å². The minimum Gasteiger partial charge on any atom is -0.371 e. The fourth-order valence-corrected chi connectivity index (χ4v) is 3.82. The lowest BCUT2D eigenvalue weighted by atomic mass is 9.96. The van der Waals surface area contributed by atoms with Gasteiger partial charge in [-0.05, 0) is 64.5 Å². The highest BCUT2D eigenvalue weighted by Gasteiger charge is 2.20. The van der Waals surface area contributed by atoms with Crippen molar-refractivity contribution in [3.63, 3.8) is 0 Å². The van der Waals surface area contributed by atoms with E-state index in [1.807, 2.05) is 7.05 Å². The molecular weight excluding hydrogens is 326 g/mol. The Bertz CT molecular complexity index is 453. The van der Waals surface area contributed by atoms with E-state index < -0.39 is 0 Å². The SMILES string of the molecule is CNC(C)c1ccc(N2CCC(CN(C)C)CC2)cc1Br. The van der Waals surface area contributed by atoms with Gasteiger partial charge in [0.25, 0.3) is 0 Å². The second kappa shape index (κ2) is 7.61. The van der Waals surface area contributed by atoms with Gasteiger partial charge in [-0.1, -0.05) is 22.0 Å². The molecule has 0 bridgehead atoms. The minimum absolute atomic E-state index is 0.374. The number of hydrogen-bond acceptors (Lipinski definition) is 3. The van der Waals surface area contributed by atoms with E-state index in [1.165, 1.54) is 48.2 Å². The summed E-state index contributed by atoms with van der Waals surface area (Å²) in [5.74, 6) is 0.850. The van der Waals surface area contributed by atoms with E-state index in [0.717, 1.165) is 5.92 Å². The van der Waals surface area contributed by atoms with Crippen molar-refractivity contribution in [2.24, 2.45) is 5.92 Å². The zero-order valence-electron chi connectivity index (χ0n) is 13.7. The molecule has 3 nitrogen and oxygen atoms in total. The second-order valence-electron chi connectivity index (χ2n) is 6.41. The van der Waals surface area contributed by atoms with Crippen LogP contribution in [0.2, 0.25) is 0 Å². The molecule has 0 spiro atoms. The summed E-state index contributed by atoms with van der Waals surface area (Å²) < 4.78 is 1.21. The first kappa shape index (κ1) is 16.8. The summed E-state index contributed by atoms with van der Waals surface area (Å²) in [4.78, 5) is 4.83. The maximum absolute atomic E-state index is 3.73. The van der Waals surface area contributed by atoms with E-state index in [9.17, 15) is 0 Å². The summed E-state index contributed by atoms with van der Waals surface area (Å²) in [7, 11) is 6.34. The average molecular weight is 354 g/mol. The first-order chi connectivity index (χ1) is 10.0. The minimum atomic E-state index is 0.374. The Kier molecular flexibility index (Phi) is 6.08. The molecule has 2 rings (SSSR count). The third-order valence-electron chi connectivity index (χ3n) is 4.49. The van der Waals surface area contributed by atoms with Gasteiger partial charge in [0.15, 0.2) is 0 Å². The van der Waals surface area contributed by atoms with Crippen LogP contribution in [-0.4, -0.2) is 45.7 Å². The van der Waals surface area contributed by atoms with Crippen LogP contribution in [-0.2, 0) is 0 Å². The summed E-state index contributed by atoms with van der Waals surface area (Å²) in [6, 6.07) is 7.15. The molecule has 1 fully saturated rings. The number of halogens is 1.